The zero-order valence-electron chi connectivity index (χ0n) is 11.6. The molecule has 1 N–H and O–H groups in total. The number of carboxylic acid groups (broad SMARTS) is 1. The van der Waals surface area contributed by atoms with Crippen molar-refractivity contribution < 1.29 is 19.4 Å². The van der Waals surface area contributed by atoms with Crippen molar-refractivity contribution in [3.63, 3.8) is 0 Å². The highest BCUT2D eigenvalue weighted by Gasteiger charge is 2.32. The van der Waals surface area contributed by atoms with Crippen molar-refractivity contribution in [2.45, 2.75) is 52.2 Å². The number of hydrogen-bond donors (Lipinski definition) is 1. The Morgan fingerprint density at radius 1 is 1.39 bits per heavy atom. The summed E-state index contributed by atoms with van der Waals surface area (Å²) in [5.41, 5.74) is -0.335. The topological polar surface area (TPSA) is 66.8 Å². The van der Waals surface area contributed by atoms with E-state index in [0.29, 0.717) is 19.4 Å². The molecule has 2 unspecified atom stereocenters. The van der Waals surface area contributed by atoms with Crippen LogP contribution in [-0.2, 0) is 14.3 Å². The van der Waals surface area contributed by atoms with E-state index in [1.807, 2.05) is 27.7 Å². The molecule has 0 aromatic heterocycles. The summed E-state index contributed by atoms with van der Waals surface area (Å²) in [6.45, 7) is 8.17. The highest BCUT2D eigenvalue weighted by Crippen LogP contribution is 2.23. The molecule has 1 fully saturated rings. The van der Waals surface area contributed by atoms with E-state index in [2.05, 4.69) is 0 Å². The lowest BCUT2D eigenvalue weighted by atomic mass is 9.92. The molecule has 1 aliphatic rings. The van der Waals surface area contributed by atoms with Crippen LogP contribution in [0.5, 0.6) is 0 Å². The second-order valence-electron chi connectivity index (χ2n) is 5.90. The molecule has 0 aromatic carbocycles. The summed E-state index contributed by atoms with van der Waals surface area (Å²) in [7, 11) is 0. The fraction of sp³-hybridized carbons (Fsp3) is 0.846. The minimum Gasteiger partial charge on any atom is -0.481 e. The molecule has 104 valence electrons. The third-order valence-electron chi connectivity index (χ3n) is 3.17. The fourth-order valence-corrected chi connectivity index (χ4v) is 2.13. The van der Waals surface area contributed by atoms with Crippen LogP contribution in [0.2, 0.25) is 0 Å². The number of piperidine rings is 1. The summed E-state index contributed by atoms with van der Waals surface area (Å²) in [6.07, 6.45) is 1.05. The Balaban J connectivity index is 2.48. The van der Waals surface area contributed by atoms with E-state index in [1.165, 1.54) is 0 Å². The Morgan fingerprint density at radius 2 is 2.00 bits per heavy atom. The van der Waals surface area contributed by atoms with Gasteiger partial charge in [0.25, 0.3) is 0 Å². The molecule has 0 saturated carbocycles. The van der Waals surface area contributed by atoms with Gasteiger partial charge in [0.05, 0.1) is 11.5 Å². The zero-order valence-corrected chi connectivity index (χ0v) is 11.6. The number of ether oxygens (including phenoxy) is 1. The SMILES string of the molecule is CC1CC(C(=O)O)CCN1C(=O)COC(C)(C)C. The summed E-state index contributed by atoms with van der Waals surface area (Å²) >= 11 is 0. The standard InChI is InChI=1S/C13H23NO4/c1-9-7-10(12(16)17)5-6-14(9)11(15)8-18-13(2,3)4/h9-10H,5-8H2,1-4H3,(H,16,17). The number of carbonyl (C=O) groups is 2. The lowest BCUT2D eigenvalue weighted by Gasteiger charge is -2.36. The van der Waals surface area contributed by atoms with Crippen molar-refractivity contribution in [1.82, 2.24) is 4.90 Å². The molecule has 5 nitrogen and oxygen atoms in total. The maximum absolute atomic E-state index is 12.0. The number of likely N-dealkylation sites (tertiary alicyclic amines) is 1. The zero-order chi connectivity index (χ0) is 13.9. The first-order valence-corrected chi connectivity index (χ1v) is 6.37. The molecule has 1 amide bonds. The minimum atomic E-state index is -0.764. The van der Waals surface area contributed by atoms with E-state index in [4.69, 9.17) is 9.84 Å². The molecule has 18 heavy (non-hydrogen) atoms. The van der Waals surface area contributed by atoms with E-state index in [0.717, 1.165) is 0 Å². The van der Waals surface area contributed by atoms with Crippen LogP contribution in [0.4, 0.5) is 0 Å². The van der Waals surface area contributed by atoms with Crippen molar-refractivity contribution in [2.24, 2.45) is 5.92 Å². The predicted molar refractivity (Wildman–Crippen MR) is 67.2 cm³/mol. The van der Waals surface area contributed by atoms with E-state index >= 15 is 0 Å². The molecule has 1 aliphatic heterocycles. The van der Waals surface area contributed by atoms with E-state index in [1.54, 1.807) is 4.90 Å². The maximum atomic E-state index is 12.0. The van der Waals surface area contributed by atoms with Gasteiger partial charge in [0.2, 0.25) is 5.91 Å². The van der Waals surface area contributed by atoms with Crippen LogP contribution in [0.15, 0.2) is 0 Å². The van der Waals surface area contributed by atoms with Crippen LogP contribution < -0.4 is 0 Å². The predicted octanol–water partition coefficient (Wildman–Crippen LogP) is 1.51. The molecule has 1 rings (SSSR count). The van der Waals surface area contributed by atoms with E-state index in [9.17, 15) is 9.59 Å². The Bertz CT molecular complexity index is 321. The summed E-state index contributed by atoms with van der Waals surface area (Å²) in [5.74, 6) is -1.14. The Hall–Kier alpha value is -1.10. The van der Waals surface area contributed by atoms with E-state index in [-0.39, 0.29) is 30.1 Å². The normalized spacial score (nSPS) is 25.0. The van der Waals surface area contributed by atoms with Crippen LogP contribution in [0, 0.1) is 5.92 Å². The largest absolute Gasteiger partial charge is 0.481 e. The number of aliphatic carboxylic acids is 1. The first-order valence-electron chi connectivity index (χ1n) is 6.37. The molecule has 0 aliphatic carbocycles. The van der Waals surface area contributed by atoms with Gasteiger partial charge >= 0.3 is 5.97 Å². The first kappa shape index (κ1) is 15.0. The van der Waals surface area contributed by atoms with Crippen LogP contribution in [0.3, 0.4) is 0 Å². The molecule has 2 atom stereocenters. The lowest BCUT2D eigenvalue weighted by Crippen LogP contribution is -2.48. The summed E-state index contributed by atoms with van der Waals surface area (Å²) in [6, 6.07) is -0.0316. The molecule has 0 aromatic rings. The number of amides is 1. The minimum absolute atomic E-state index is 0.0316. The average molecular weight is 257 g/mol. The smallest absolute Gasteiger partial charge is 0.306 e. The Kier molecular flexibility index (Phi) is 4.73. The molecular weight excluding hydrogens is 234 g/mol. The quantitative estimate of drug-likeness (QED) is 0.832. The van der Waals surface area contributed by atoms with Crippen LogP contribution in [0.25, 0.3) is 0 Å². The van der Waals surface area contributed by atoms with Gasteiger partial charge in [-0.1, -0.05) is 0 Å². The van der Waals surface area contributed by atoms with Crippen molar-refractivity contribution in [2.75, 3.05) is 13.2 Å². The monoisotopic (exact) mass is 257 g/mol. The van der Waals surface area contributed by atoms with Crippen LogP contribution in [-0.4, -0.2) is 46.7 Å². The second-order valence-corrected chi connectivity index (χ2v) is 5.90. The van der Waals surface area contributed by atoms with Crippen molar-refractivity contribution in [3.05, 3.63) is 0 Å². The third kappa shape index (κ3) is 4.29. The lowest BCUT2D eigenvalue weighted by molar-refractivity contribution is -0.151. The van der Waals surface area contributed by atoms with Crippen LogP contribution >= 0.6 is 0 Å². The van der Waals surface area contributed by atoms with E-state index < -0.39 is 5.97 Å². The van der Waals surface area contributed by atoms with Gasteiger partial charge in [-0.05, 0) is 40.5 Å². The number of rotatable bonds is 3. The summed E-state index contributed by atoms with van der Waals surface area (Å²) in [4.78, 5) is 24.6. The molecular formula is C13H23NO4. The van der Waals surface area contributed by atoms with Gasteiger partial charge in [0.1, 0.15) is 6.61 Å². The highest BCUT2D eigenvalue weighted by molar-refractivity contribution is 5.78. The number of hydrogen-bond acceptors (Lipinski definition) is 3. The van der Waals surface area contributed by atoms with Gasteiger partial charge < -0.3 is 14.7 Å². The van der Waals surface area contributed by atoms with Crippen molar-refractivity contribution in [1.29, 1.82) is 0 Å². The number of nitrogens with zero attached hydrogens (tertiary/aromatic N) is 1. The maximum Gasteiger partial charge on any atom is 0.306 e. The average Bonchev–Trinajstić information content (AvgIpc) is 2.24. The summed E-state index contributed by atoms with van der Waals surface area (Å²) < 4.78 is 5.46. The van der Waals surface area contributed by atoms with Crippen molar-refractivity contribution >= 4 is 11.9 Å². The summed E-state index contributed by atoms with van der Waals surface area (Å²) in [5, 5.41) is 8.96. The molecule has 0 bridgehead atoms. The molecule has 1 saturated heterocycles. The van der Waals surface area contributed by atoms with Gasteiger partial charge in [-0.15, -0.1) is 0 Å². The fourth-order valence-electron chi connectivity index (χ4n) is 2.13. The van der Waals surface area contributed by atoms with Gasteiger partial charge in [0, 0.05) is 12.6 Å². The van der Waals surface area contributed by atoms with Gasteiger partial charge in [-0.25, -0.2) is 0 Å². The van der Waals surface area contributed by atoms with Crippen LogP contribution in [0.1, 0.15) is 40.5 Å². The van der Waals surface area contributed by atoms with Gasteiger partial charge in [-0.3, -0.25) is 9.59 Å². The van der Waals surface area contributed by atoms with Gasteiger partial charge in [-0.2, -0.15) is 0 Å². The molecule has 0 radical (unpaired) electrons. The second kappa shape index (κ2) is 5.69. The molecule has 0 spiro atoms. The third-order valence-corrected chi connectivity index (χ3v) is 3.17. The van der Waals surface area contributed by atoms with Crippen molar-refractivity contribution in [3.8, 4) is 0 Å². The molecule has 5 heteroatoms. The number of carboxylic acids is 1. The first-order chi connectivity index (χ1) is 8.20. The number of carbonyl (C=O) groups excluding carboxylic acids is 1. The molecule has 1 heterocycles. The Morgan fingerprint density at radius 3 is 2.44 bits per heavy atom. The van der Waals surface area contributed by atoms with Gasteiger partial charge in [0.15, 0.2) is 0 Å². The Labute approximate surface area is 108 Å². The highest BCUT2D eigenvalue weighted by atomic mass is 16.5.